The van der Waals surface area contributed by atoms with Crippen LogP contribution in [0.2, 0.25) is 0 Å². The lowest BCUT2D eigenvalue weighted by Crippen LogP contribution is -2.19. The molecule has 0 radical (unpaired) electrons. The zero-order chi connectivity index (χ0) is 13.7. The maximum atomic E-state index is 11.7. The Bertz CT molecular complexity index is 602. The zero-order valence-corrected chi connectivity index (χ0v) is 11.0. The largest absolute Gasteiger partial charge is 0.493 e. The summed E-state index contributed by atoms with van der Waals surface area (Å²) >= 11 is 1.14. The number of rotatable bonds is 3. The molecule has 1 heterocycles. The van der Waals surface area contributed by atoms with E-state index in [4.69, 9.17) is 10.00 Å². The molecule has 6 heteroatoms. The van der Waals surface area contributed by atoms with Crippen molar-refractivity contribution < 1.29 is 9.53 Å². The van der Waals surface area contributed by atoms with Crippen LogP contribution >= 0.6 is 11.8 Å². The molecule has 2 rings (SSSR count). The van der Waals surface area contributed by atoms with E-state index in [0.717, 1.165) is 23.1 Å². The second kappa shape index (κ2) is 6.07. The number of amides is 1. The summed E-state index contributed by atoms with van der Waals surface area (Å²) in [6.45, 7) is 2.46. The van der Waals surface area contributed by atoms with Crippen LogP contribution in [0.25, 0.3) is 6.08 Å². The number of ether oxygens (including phenoxy) is 1. The van der Waals surface area contributed by atoms with Crippen molar-refractivity contribution >= 4 is 28.9 Å². The maximum Gasteiger partial charge on any atom is 0.264 e. The van der Waals surface area contributed by atoms with Crippen molar-refractivity contribution in [2.45, 2.75) is 6.92 Å². The predicted molar refractivity (Wildman–Crippen MR) is 74.4 cm³/mol. The van der Waals surface area contributed by atoms with Crippen molar-refractivity contribution in [2.75, 3.05) is 6.61 Å². The molecular weight excluding hydrogens is 262 g/mol. The number of aliphatic imine (C=N–C) groups is 1. The number of nitrogens with one attached hydrogen (secondary N) is 1. The van der Waals surface area contributed by atoms with Crippen LogP contribution in [0.1, 0.15) is 12.5 Å². The summed E-state index contributed by atoms with van der Waals surface area (Å²) in [4.78, 5) is 15.7. The number of amidine groups is 1. The van der Waals surface area contributed by atoms with Gasteiger partial charge in [0.25, 0.3) is 5.91 Å². The highest BCUT2D eigenvalue weighted by Crippen LogP contribution is 2.29. The highest BCUT2D eigenvalue weighted by molar-refractivity contribution is 8.18. The van der Waals surface area contributed by atoms with Gasteiger partial charge in [0.1, 0.15) is 5.75 Å². The molecular formula is C13H11N3O2S. The first-order valence-electron chi connectivity index (χ1n) is 5.64. The third-order valence-electron chi connectivity index (χ3n) is 2.31. The fourth-order valence-corrected chi connectivity index (χ4v) is 2.32. The van der Waals surface area contributed by atoms with Gasteiger partial charge in [0.2, 0.25) is 6.19 Å². The van der Waals surface area contributed by atoms with E-state index >= 15 is 0 Å². The molecule has 96 valence electrons. The first kappa shape index (κ1) is 13.2. The SMILES string of the molecule is CCOc1ccccc1C=C1SC(=NC#N)NC1=O. The fourth-order valence-electron chi connectivity index (χ4n) is 1.55. The number of nitriles is 1. The quantitative estimate of drug-likeness (QED) is 0.676. The summed E-state index contributed by atoms with van der Waals surface area (Å²) in [5, 5.41) is 11.3. The van der Waals surface area contributed by atoms with Gasteiger partial charge in [0.15, 0.2) is 5.17 Å². The van der Waals surface area contributed by atoms with E-state index in [0.29, 0.717) is 16.7 Å². The van der Waals surface area contributed by atoms with Crippen LogP contribution in [-0.4, -0.2) is 17.7 Å². The number of carbonyl (C=O) groups is 1. The Hall–Kier alpha value is -2.26. The minimum atomic E-state index is -0.259. The lowest BCUT2D eigenvalue weighted by atomic mass is 10.2. The molecule has 0 aliphatic carbocycles. The zero-order valence-electron chi connectivity index (χ0n) is 10.2. The Balaban J connectivity index is 2.30. The number of hydrogen-bond donors (Lipinski definition) is 1. The summed E-state index contributed by atoms with van der Waals surface area (Å²) in [6, 6.07) is 7.46. The molecule has 1 aliphatic heterocycles. The van der Waals surface area contributed by atoms with E-state index in [9.17, 15) is 4.79 Å². The van der Waals surface area contributed by atoms with Gasteiger partial charge in [-0.05, 0) is 30.8 Å². The van der Waals surface area contributed by atoms with Crippen LogP contribution in [-0.2, 0) is 4.79 Å². The molecule has 0 aromatic heterocycles. The van der Waals surface area contributed by atoms with Gasteiger partial charge in [-0.25, -0.2) is 0 Å². The topological polar surface area (TPSA) is 74.5 Å². The molecule has 0 saturated carbocycles. The Labute approximate surface area is 115 Å². The molecule has 19 heavy (non-hydrogen) atoms. The molecule has 5 nitrogen and oxygen atoms in total. The van der Waals surface area contributed by atoms with Gasteiger partial charge < -0.3 is 4.74 Å². The molecule has 1 saturated heterocycles. The van der Waals surface area contributed by atoms with Crippen molar-refractivity contribution in [3.8, 4) is 11.9 Å². The van der Waals surface area contributed by atoms with Gasteiger partial charge in [-0.3, -0.25) is 10.1 Å². The average molecular weight is 273 g/mol. The van der Waals surface area contributed by atoms with E-state index in [1.165, 1.54) is 0 Å². The van der Waals surface area contributed by atoms with Gasteiger partial charge in [-0.15, -0.1) is 4.99 Å². The average Bonchev–Trinajstić information content (AvgIpc) is 2.73. The molecule has 1 aliphatic rings. The molecule has 1 N–H and O–H groups in total. The second-order valence-corrected chi connectivity index (χ2v) is 4.58. The smallest absolute Gasteiger partial charge is 0.264 e. The summed E-state index contributed by atoms with van der Waals surface area (Å²) in [7, 11) is 0. The number of para-hydroxylation sites is 1. The third-order valence-corrected chi connectivity index (χ3v) is 3.22. The maximum absolute atomic E-state index is 11.7. The third kappa shape index (κ3) is 3.14. The van der Waals surface area contributed by atoms with Crippen LogP contribution in [0.5, 0.6) is 5.75 Å². The van der Waals surface area contributed by atoms with E-state index < -0.39 is 0 Å². The Morgan fingerprint density at radius 2 is 2.32 bits per heavy atom. The Morgan fingerprint density at radius 3 is 3.05 bits per heavy atom. The minimum Gasteiger partial charge on any atom is -0.493 e. The summed E-state index contributed by atoms with van der Waals surface area (Å²) < 4.78 is 5.49. The fraction of sp³-hybridized carbons (Fsp3) is 0.154. The van der Waals surface area contributed by atoms with Crippen LogP contribution in [0, 0.1) is 11.5 Å². The molecule has 1 fully saturated rings. The van der Waals surface area contributed by atoms with E-state index in [1.807, 2.05) is 31.2 Å². The van der Waals surface area contributed by atoms with Crippen LogP contribution in [0.4, 0.5) is 0 Å². The lowest BCUT2D eigenvalue weighted by molar-refractivity contribution is -0.115. The molecule has 1 aromatic rings. The van der Waals surface area contributed by atoms with Crippen molar-refractivity contribution in [1.82, 2.24) is 5.32 Å². The van der Waals surface area contributed by atoms with Gasteiger partial charge in [0, 0.05) is 5.56 Å². The Morgan fingerprint density at radius 1 is 1.53 bits per heavy atom. The number of nitrogens with zero attached hydrogens (tertiary/aromatic N) is 2. The predicted octanol–water partition coefficient (Wildman–Crippen LogP) is 2.13. The first-order valence-corrected chi connectivity index (χ1v) is 6.45. The van der Waals surface area contributed by atoms with Crippen LogP contribution < -0.4 is 10.1 Å². The molecule has 1 aromatic carbocycles. The highest BCUT2D eigenvalue weighted by Gasteiger charge is 2.24. The minimum absolute atomic E-state index is 0.259. The van der Waals surface area contributed by atoms with Crippen LogP contribution in [0.15, 0.2) is 34.2 Å². The van der Waals surface area contributed by atoms with E-state index in [1.54, 1.807) is 12.3 Å². The number of thioether (sulfide) groups is 1. The molecule has 0 spiro atoms. The van der Waals surface area contributed by atoms with Gasteiger partial charge in [-0.2, -0.15) is 5.26 Å². The Kier molecular flexibility index (Phi) is 4.21. The molecule has 0 bridgehead atoms. The van der Waals surface area contributed by atoms with Gasteiger partial charge in [0.05, 0.1) is 11.5 Å². The van der Waals surface area contributed by atoms with Crippen molar-refractivity contribution in [3.63, 3.8) is 0 Å². The summed E-state index contributed by atoms with van der Waals surface area (Å²) in [5.74, 6) is 0.460. The molecule has 0 atom stereocenters. The van der Waals surface area contributed by atoms with E-state index in [2.05, 4.69) is 10.3 Å². The second-order valence-electron chi connectivity index (χ2n) is 3.55. The molecule has 1 amide bonds. The van der Waals surface area contributed by atoms with Gasteiger partial charge in [-0.1, -0.05) is 18.2 Å². The first-order chi connectivity index (χ1) is 9.24. The standard InChI is InChI=1S/C13H11N3O2S/c1-2-18-10-6-4-3-5-9(10)7-11-12(17)16-13(19-11)15-8-14/h3-7H,2H2,1H3,(H,15,16,17). The van der Waals surface area contributed by atoms with Crippen LogP contribution in [0.3, 0.4) is 0 Å². The van der Waals surface area contributed by atoms with Crippen molar-refractivity contribution in [1.29, 1.82) is 5.26 Å². The monoisotopic (exact) mass is 273 g/mol. The van der Waals surface area contributed by atoms with Crippen molar-refractivity contribution in [3.05, 3.63) is 34.7 Å². The van der Waals surface area contributed by atoms with E-state index in [-0.39, 0.29) is 5.91 Å². The summed E-state index contributed by atoms with van der Waals surface area (Å²) in [5.41, 5.74) is 0.820. The van der Waals surface area contributed by atoms with Crippen molar-refractivity contribution in [2.24, 2.45) is 4.99 Å². The normalized spacial score (nSPS) is 18.4. The number of carbonyl (C=O) groups excluding carboxylic acids is 1. The lowest BCUT2D eigenvalue weighted by Gasteiger charge is -2.06. The summed E-state index contributed by atoms with van der Waals surface area (Å²) in [6.07, 6.45) is 3.37. The molecule has 0 unspecified atom stereocenters. The number of benzene rings is 1. The van der Waals surface area contributed by atoms with Gasteiger partial charge >= 0.3 is 0 Å². The number of hydrogen-bond acceptors (Lipinski definition) is 5. The highest BCUT2D eigenvalue weighted by atomic mass is 32.2.